The van der Waals surface area contributed by atoms with Gasteiger partial charge in [0.25, 0.3) is 0 Å². The van der Waals surface area contributed by atoms with Crippen LogP contribution in [-0.4, -0.2) is 12.5 Å². The summed E-state index contributed by atoms with van der Waals surface area (Å²) in [6.07, 6.45) is 2.78. The average Bonchev–Trinajstić information content (AvgIpc) is 3.08. The highest BCUT2D eigenvalue weighted by atomic mass is 19.1. The van der Waals surface area contributed by atoms with E-state index in [1.165, 1.54) is 12.1 Å². The van der Waals surface area contributed by atoms with Gasteiger partial charge in [0.1, 0.15) is 17.0 Å². The van der Waals surface area contributed by atoms with Gasteiger partial charge in [-0.15, -0.1) is 0 Å². The third-order valence-electron chi connectivity index (χ3n) is 5.43. The van der Waals surface area contributed by atoms with Crippen LogP contribution in [0.15, 0.2) is 56.3 Å². The SMILES string of the molecule is Cc1coc2cc3oc(=O)c(CCC(=O)NCCc4ccc(F)cc4)c(C)c3cc12. The second-order valence-corrected chi connectivity index (χ2v) is 7.48. The first-order valence-electron chi connectivity index (χ1n) is 9.87. The van der Waals surface area contributed by atoms with Gasteiger partial charge >= 0.3 is 5.63 Å². The second kappa shape index (κ2) is 8.14. The number of fused-ring (bicyclic) bond motifs is 2. The number of hydrogen-bond donors (Lipinski definition) is 1. The zero-order chi connectivity index (χ0) is 21.3. The minimum Gasteiger partial charge on any atom is -0.464 e. The Kier molecular flexibility index (Phi) is 5.40. The predicted molar refractivity (Wildman–Crippen MR) is 113 cm³/mol. The summed E-state index contributed by atoms with van der Waals surface area (Å²) in [5.74, 6) is -0.423. The molecular weight excluding hydrogens is 385 g/mol. The summed E-state index contributed by atoms with van der Waals surface area (Å²) in [5, 5.41) is 4.66. The van der Waals surface area contributed by atoms with Gasteiger partial charge in [-0.1, -0.05) is 12.1 Å². The quantitative estimate of drug-likeness (QED) is 0.475. The summed E-state index contributed by atoms with van der Waals surface area (Å²) in [6.45, 7) is 4.29. The van der Waals surface area contributed by atoms with E-state index in [1.807, 2.05) is 19.9 Å². The van der Waals surface area contributed by atoms with Gasteiger partial charge < -0.3 is 14.2 Å². The van der Waals surface area contributed by atoms with Crippen LogP contribution in [0.3, 0.4) is 0 Å². The Labute approximate surface area is 172 Å². The van der Waals surface area contributed by atoms with Crippen molar-refractivity contribution in [2.75, 3.05) is 6.54 Å². The van der Waals surface area contributed by atoms with Crippen molar-refractivity contribution in [2.24, 2.45) is 0 Å². The average molecular weight is 407 g/mol. The second-order valence-electron chi connectivity index (χ2n) is 7.48. The first-order valence-corrected chi connectivity index (χ1v) is 9.87. The Morgan fingerprint density at radius 3 is 2.57 bits per heavy atom. The van der Waals surface area contributed by atoms with E-state index in [1.54, 1.807) is 24.5 Å². The van der Waals surface area contributed by atoms with Crippen LogP contribution in [-0.2, 0) is 17.6 Å². The Hall–Kier alpha value is -3.41. The van der Waals surface area contributed by atoms with Crippen LogP contribution in [0.25, 0.3) is 21.9 Å². The number of aryl methyl sites for hydroxylation is 2. The highest BCUT2D eigenvalue weighted by Gasteiger charge is 2.15. The maximum absolute atomic E-state index is 12.9. The van der Waals surface area contributed by atoms with Gasteiger partial charge in [-0.05, 0) is 61.6 Å². The van der Waals surface area contributed by atoms with Crippen LogP contribution in [0, 0.1) is 19.7 Å². The number of carbonyl (C=O) groups is 1. The van der Waals surface area contributed by atoms with E-state index in [-0.39, 0.29) is 18.1 Å². The molecule has 0 saturated heterocycles. The van der Waals surface area contributed by atoms with Gasteiger partial charge in [0, 0.05) is 35.4 Å². The lowest BCUT2D eigenvalue weighted by molar-refractivity contribution is -0.121. The number of carbonyl (C=O) groups excluding carboxylic acids is 1. The minimum absolute atomic E-state index is 0.142. The molecule has 2 aromatic carbocycles. The van der Waals surface area contributed by atoms with Gasteiger partial charge in [-0.2, -0.15) is 0 Å². The molecule has 6 heteroatoms. The minimum atomic E-state index is -0.429. The molecule has 1 N–H and O–H groups in total. The van der Waals surface area contributed by atoms with Crippen molar-refractivity contribution in [3.63, 3.8) is 0 Å². The summed E-state index contributed by atoms with van der Waals surface area (Å²) < 4.78 is 23.9. The van der Waals surface area contributed by atoms with Crippen LogP contribution >= 0.6 is 0 Å². The van der Waals surface area contributed by atoms with Gasteiger partial charge in [0.15, 0.2) is 0 Å². The summed E-state index contributed by atoms with van der Waals surface area (Å²) in [5.41, 5.74) is 4.02. The number of rotatable bonds is 6. The summed E-state index contributed by atoms with van der Waals surface area (Å²) >= 11 is 0. The van der Waals surface area contributed by atoms with E-state index in [4.69, 9.17) is 8.83 Å². The van der Waals surface area contributed by atoms with Crippen LogP contribution in [0.1, 0.15) is 28.7 Å². The molecule has 30 heavy (non-hydrogen) atoms. The fraction of sp³-hybridized carbons (Fsp3) is 0.250. The zero-order valence-corrected chi connectivity index (χ0v) is 16.9. The standard InChI is InChI=1S/C24H22FNO4/c1-14-13-29-21-12-22-20(11-19(14)21)15(2)18(24(28)30-22)7-8-23(27)26-10-9-16-3-5-17(25)6-4-16/h3-6,11-13H,7-10H2,1-2H3,(H,26,27). The number of halogens is 1. The van der Waals surface area contributed by atoms with E-state index in [0.717, 1.165) is 27.5 Å². The summed E-state index contributed by atoms with van der Waals surface area (Å²) in [7, 11) is 0. The number of benzene rings is 2. The monoisotopic (exact) mass is 407 g/mol. The Balaban J connectivity index is 1.44. The first-order chi connectivity index (χ1) is 14.4. The van der Waals surface area contributed by atoms with Crippen LogP contribution < -0.4 is 10.9 Å². The summed E-state index contributed by atoms with van der Waals surface area (Å²) in [4.78, 5) is 24.7. The van der Waals surface area contributed by atoms with Crippen molar-refractivity contribution in [2.45, 2.75) is 33.1 Å². The molecule has 0 aliphatic rings. The largest absolute Gasteiger partial charge is 0.464 e. The molecule has 0 saturated carbocycles. The Bertz CT molecular complexity index is 1280. The van der Waals surface area contributed by atoms with Crippen molar-refractivity contribution < 1.29 is 18.0 Å². The first kappa shape index (κ1) is 19.9. The van der Waals surface area contributed by atoms with Gasteiger partial charge in [-0.25, -0.2) is 9.18 Å². The van der Waals surface area contributed by atoms with Crippen LogP contribution in [0.5, 0.6) is 0 Å². The van der Waals surface area contributed by atoms with E-state index in [2.05, 4.69) is 5.32 Å². The van der Waals surface area contributed by atoms with E-state index in [9.17, 15) is 14.0 Å². The topological polar surface area (TPSA) is 72.5 Å². The molecule has 0 unspecified atom stereocenters. The lowest BCUT2D eigenvalue weighted by atomic mass is 10.0. The van der Waals surface area contributed by atoms with Crippen molar-refractivity contribution >= 4 is 27.8 Å². The molecule has 0 atom stereocenters. The number of hydrogen-bond acceptors (Lipinski definition) is 4. The van der Waals surface area contributed by atoms with E-state index < -0.39 is 5.63 Å². The summed E-state index contributed by atoms with van der Waals surface area (Å²) in [6, 6.07) is 9.90. The molecule has 0 fully saturated rings. The number of nitrogens with one attached hydrogen (secondary N) is 1. The molecule has 0 spiro atoms. The molecule has 0 bridgehead atoms. The molecule has 154 valence electrons. The highest BCUT2D eigenvalue weighted by Crippen LogP contribution is 2.29. The molecule has 5 nitrogen and oxygen atoms in total. The third kappa shape index (κ3) is 3.99. The fourth-order valence-corrected chi connectivity index (χ4v) is 3.65. The van der Waals surface area contributed by atoms with Crippen molar-refractivity contribution in [1.29, 1.82) is 0 Å². The number of furan rings is 1. The lowest BCUT2D eigenvalue weighted by Crippen LogP contribution is -2.26. The Morgan fingerprint density at radius 1 is 1.03 bits per heavy atom. The van der Waals surface area contributed by atoms with Crippen molar-refractivity contribution in [3.05, 3.63) is 81.2 Å². The highest BCUT2D eigenvalue weighted by molar-refractivity contribution is 5.96. The smallest absolute Gasteiger partial charge is 0.339 e. The normalized spacial score (nSPS) is 11.3. The zero-order valence-electron chi connectivity index (χ0n) is 16.9. The maximum Gasteiger partial charge on any atom is 0.339 e. The van der Waals surface area contributed by atoms with Crippen molar-refractivity contribution in [1.82, 2.24) is 5.32 Å². The molecule has 0 aliphatic carbocycles. The van der Waals surface area contributed by atoms with Crippen LogP contribution in [0.2, 0.25) is 0 Å². The third-order valence-corrected chi connectivity index (χ3v) is 5.43. The maximum atomic E-state index is 12.9. The van der Waals surface area contributed by atoms with Crippen molar-refractivity contribution in [3.8, 4) is 0 Å². The molecule has 0 aliphatic heterocycles. The predicted octanol–water partition coefficient (Wildman–Crippen LogP) is 4.59. The molecule has 4 rings (SSSR count). The molecular formula is C24H22FNO4. The Morgan fingerprint density at radius 2 is 1.80 bits per heavy atom. The molecule has 2 heterocycles. The molecule has 0 radical (unpaired) electrons. The van der Waals surface area contributed by atoms with Gasteiger partial charge in [0.05, 0.1) is 6.26 Å². The lowest BCUT2D eigenvalue weighted by Gasteiger charge is -2.09. The van der Waals surface area contributed by atoms with Gasteiger partial charge in [0.2, 0.25) is 5.91 Å². The molecule has 1 amide bonds. The molecule has 4 aromatic rings. The van der Waals surface area contributed by atoms with E-state index in [0.29, 0.717) is 36.1 Å². The fourth-order valence-electron chi connectivity index (χ4n) is 3.65. The van der Waals surface area contributed by atoms with Crippen LogP contribution in [0.4, 0.5) is 4.39 Å². The number of amides is 1. The molecule has 2 aromatic heterocycles. The van der Waals surface area contributed by atoms with Gasteiger partial charge in [-0.3, -0.25) is 4.79 Å². The van der Waals surface area contributed by atoms with E-state index >= 15 is 0 Å².